The Hall–Kier alpha value is -3.21. The van der Waals surface area contributed by atoms with E-state index in [1.165, 1.54) is 16.6 Å². The third kappa shape index (κ3) is 3.66. The normalized spacial score (nSPS) is 20.9. The van der Waals surface area contributed by atoms with Crippen molar-refractivity contribution in [2.45, 2.75) is 12.6 Å². The van der Waals surface area contributed by atoms with Crippen molar-refractivity contribution in [3.05, 3.63) is 53.6 Å². The van der Waals surface area contributed by atoms with Gasteiger partial charge in [-0.1, -0.05) is 12.1 Å². The summed E-state index contributed by atoms with van der Waals surface area (Å²) in [6, 6.07) is 5.62. The number of alkyl halides is 3. The first-order valence-electron chi connectivity index (χ1n) is 10.4. The minimum absolute atomic E-state index is 0.0192. The molecule has 0 aliphatic carbocycles. The van der Waals surface area contributed by atoms with Crippen LogP contribution in [0.4, 0.5) is 18.9 Å². The zero-order chi connectivity index (χ0) is 22.5. The zero-order valence-electron chi connectivity index (χ0n) is 17.0. The van der Waals surface area contributed by atoms with Crippen LogP contribution in [0.15, 0.2) is 36.7 Å². The van der Waals surface area contributed by atoms with Gasteiger partial charge in [-0.25, -0.2) is 9.50 Å². The predicted molar refractivity (Wildman–Crippen MR) is 108 cm³/mol. The Morgan fingerprint density at radius 3 is 2.53 bits per heavy atom. The first-order valence-corrected chi connectivity index (χ1v) is 10.4. The van der Waals surface area contributed by atoms with E-state index in [4.69, 9.17) is 5.11 Å². The topological polar surface area (TPSA) is 86.9 Å². The minimum atomic E-state index is -4.41. The van der Waals surface area contributed by atoms with Gasteiger partial charge in [0.15, 0.2) is 0 Å². The Bertz CT molecular complexity index is 1150. The maximum Gasteiger partial charge on any atom is 0.418 e. The van der Waals surface area contributed by atoms with Gasteiger partial charge in [0, 0.05) is 62.7 Å². The van der Waals surface area contributed by atoms with Gasteiger partial charge in [-0.2, -0.15) is 18.2 Å². The highest BCUT2D eigenvalue weighted by molar-refractivity contribution is 5.91. The molecule has 0 spiro atoms. The van der Waals surface area contributed by atoms with Crippen LogP contribution in [0.2, 0.25) is 0 Å². The van der Waals surface area contributed by atoms with Gasteiger partial charge >= 0.3 is 6.18 Å². The van der Waals surface area contributed by atoms with Crippen molar-refractivity contribution >= 4 is 17.4 Å². The first-order chi connectivity index (χ1) is 15.3. The SMILES string of the molecule is O=C(c1nc2ncc(CCO)cn2n1)N1CC2CN(c3ccccc3C(F)(F)F)C[C@H]2C1. The third-order valence-corrected chi connectivity index (χ3v) is 6.16. The maximum absolute atomic E-state index is 13.4. The van der Waals surface area contributed by atoms with E-state index >= 15 is 0 Å². The molecule has 0 saturated carbocycles. The molecular formula is C21H21F3N6O2. The second-order valence-corrected chi connectivity index (χ2v) is 8.27. The fourth-order valence-corrected chi connectivity index (χ4v) is 4.66. The molecular weight excluding hydrogens is 425 g/mol. The van der Waals surface area contributed by atoms with E-state index < -0.39 is 11.7 Å². The van der Waals surface area contributed by atoms with Crippen molar-refractivity contribution < 1.29 is 23.1 Å². The average Bonchev–Trinajstić information content (AvgIpc) is 3.45. The van der Waals surface area contributed by atoms with Crippen molar-refractivity contribution in [3.8, 4) is 0 Å². The van der Waals surface area contributed by atoms with Crippen LogP contribution in [0, 0.1) is 11.8 Å². The number of likely N-dealkylation sites (tertiary alicyclic amines) is 1. The lowest BCUT2D eigenvalue weighted by atomic mass is 10.0. The molecule has 2 saturated heterocycles. The summed E-state index contributed by atoms with van der Waals surface area (Å²) in [6.07, 6.45) is -0.717. The number of hydrogen-bond donors (Lipinski definition) is 1. The summed E-state index contributed by atoms with van der Waals surface area (Å²) >= 11 is 0. The largest absolute Gasteiger partial charge is 0.418 e. The molecule has 0 radical (unpaired) electrons. The number of aliphatic hydroxyl groups is 1. The second-order valence-electron chi connectivity index (χ2n) is 8.27. The zero-order valence-corrected chi connectivity index (χ0v) is 17.0. The number of aliphatic hydroxyl groups excluding tert-OH is 1. The summed E-state index contributed by atoms with van der Waals surface area (Å²) in [6.45, 7) is 1.81. The molecule has 11 heteroatoms. The van der Waals surface area contributed by atoms with E-state index in [0.29, 0.717) is 38.4 Å². The molecule has 5 rings (SSSR count). The molecule has 4 heterocycles. The van der Waals surface area contributed by atoms with Gasteiger partial charge in [0.25, 0.3) is 11.7 Å². The van der Waals surface area contributed by atoms with Gasteiger partial charge in [0.05, 0.1) is 5.56 Å². The molecule has 0 bridgehead atoms. The summed E-state index contributed by atoms with van der Waals surface area (Å²) in [5.74, 6) is 0.205. The Kier molecular flexibility index (Phi) is 5.00. The first kappa shape index (κ1) is 20.7. The fourth-order valence-electron chi connectivity index (χ4n) is 4.66. The highest BCUT2D eigenvalue weighted by Crippen LogP contribution is 2.40. The van der Waals surface area contributed by atoms with Crippen LogP contribution in [0.25, 0.3) is 5.78 Å². The van der Waals surface area contributed by atoms with Crippen LogP contribution in [0.1, 0.15) is 21.7 Å². The van der Waals surface area contributed by atoms with Crippen LogP contribution in [-0.2, 0) is 12.6 Å². The number of rotatable bonds is 4. The summed E-state index contributed by atoms with van der Waals surface area (Å²) in [5, 5.41) is 13.3. The van der Waals surface area contributed by atoms with Crippen LogP contribution in [0.5, 0.6) is 0 Å². The van der Waals surface area contributed by atoms with Crippen molar-refractivity contribution in [3.63, 3.8) is 0 Å². The maximum atomic E-state index is 13.4. The molecule has 2 aromatic heterocycles. The Labute approximate surface area is 181 Å². The lowest BCUT2D eigenvalue weighted by Crippen LogP contribution is -2.34. The number of fused-ring (bicyclic) bond motifs is 2. The van der Waals surface area contributed by atoms with E-state index in [1.807, 2.05) is 0 Å². The lowest BCUT2D eigenvalue weighted by molar-refractivity contribution is -0.137. The summed E-state index contributed by atoms with van der Waals surface area (Å²) in [5.41, 5.74) is 0.341. The quantitative estimate of drug-likeness (QED) is 0.659. The molecule has 1 N–H and O–H groups in total. The number of anilines is 1. The van der Waals surface area contributed by atoms with E-state index in [0.717, 1.165) is 11.6 Å². The molecule has 2 aliphatic rings. The van der Waals surface area contributed by atoms with Crippen LogP contribution >= 0.6 is 0 Å². The molecule has 168 valence electrons. The Morgan fingerprint density at radius 2 is 1.84 bits per heavy atom. The predicted octanol–water partition coefficient (Wildman–Crippen LogP) is 1.89. The number of hydrogen-bond acceptors (Lipinski definition) is 6. The van der Waals surface area contributed by atoms with Gasteiger partial charge < -0.3 is 14.9 Å². The second kappa shape index (κ2) is 7.73. The molecule has 32 heavy (non-hydrogen) atoms. The summed E-state index contributed by atoms with van der Waals surface area (Å²) in [4.78, 5) is 24.8. The third-order valence-electron chi connectivity index (χ3n) is 6.16. The number of amides is 1. The molecule has 1 unspecified atom stereocenters. The van der Waals surface area contributed by atoms with E-state index in [1.54, 1.807) is 28.3 Å². The number of carbonyl (C=O) groups excluding carboxylic acids is 1. The van der Waals surface area contributed by atoms with E-state index in [-0.39, 0.29) is 35.9 Å². The monoisotopic (exact) mass is 446 g/mol. The van der Waals surface area contributed by atoms with Crippen molar-refractivity contribution in [1.82, 2.24) is 24.5 Å². The molecule has 2 aliphatic heterocycles. The molecule has 1 aromatic carbocycles. The number of halogens is 3. The number of benzene rings is 1. The van der Waals surface area contributed by atoms with Gasteiger partial charge in [0.1, 0.15) is 0 Å². The van der Waals surface area contributed by atoms with Crippen molar-refractivity contribution in [2.75, 3.05) is 37.7 Å². The van der Waals surface area contributed by atoms with Crippen LogP contribution in [-0.4, -0.2) is 68.3 Å². The van der Waals surface area contributed by atoms with Gasteiger partial charge in [-0.3, -0.25) is 4.79 Å². The number of para-hydroxylation sites is 1. The van der Waals surface area contributed by atoms with Crippen LogP contribution < -0.4 is 4.90 Å². The van der Waals surface area contributed by atoms with Crippen LogP contribution in [0.3, 0.4) is 0 Å². The summed E-state index contributed by atoms with van der Waals surface area (Å²) in [7, 11) is 0. The van der Waals surface area contributed by atoms with E-state index in [2.05, 4.69) is 15.1 Å². The number of aromatic nitrogens is 4. The number of carbonyl (C=O) groups is 1. The highest BCUT2D eigenvalue weighted by Gasteiger charge is 2.44. The fraction of sp³-hybridized carbons (Fsp3) is 0.429. The van der Waals surface area contributed by atoms with Gasteiger partial charge in [-0.15, -0.1) is 5.10 Å². The van der Waals surface area contributed by atoms with E-state index in [9.17, 15) is 18.0 Å². The lowest BCUT2D eigenvalue weighted by Gasteiger charge is -2.25. The molecule has 2 atom stereocenters. The molecule has 2 fully saturated rings. The van der Waals surface area contributed by atoms with Crippen molar-refractivity contribution in [1.29, 1.82) is 0 Å². The molecule has 1 amide bonds. The standard InChI is InChI=1S/C21H21F3N6O2/c22-21(23,24)16-3-1-2-4-17(16)28-9-14-11-29(12-15(14)10-28)19(32)18-26-20-25-7-13(5-6-31)8-30(20)27-18/h1-4,7-8,14-15,31H,5-6,9-12H2/t14-,15?/m0/s1. The molecule has 3 aromatic rings. The Balaban J connectivity index is 1.29. The van der Waals surface area contributed by atoms with Gasteiger partial charge in [0.2, 0.25) is 5.82 Å². The Morgan fingerprint density at radius 1 is 1.12 bits per heavy atom. The number of nitrogens with zero attached hydrogens (tertiary/aromatic N) is 6. The highest BCUT2D eigenvalue weighted by atomic mass is 19.4. The minimum Gasteiger partial charge on any atom is -0.396 e. The summed E-state index contributed by atoms with van der Waals surface area (Å²) < 4.78 is 41.6. The smallest absolute Gasteiger partial charge is 0.396 e. The average molecular weight is 446 g/mol. The van der Waals surface area contributed by atoms with Gasteiger partial charge in [-0.05, 0) is 24.1 Å². The van der Waals surface area contributed by atoms with Crippen molar-refractivity contribution in [2.24, 2.45) is 11.8 Å². The molecule has 8 nitrogen and oxygen atoms in total.